The fraction of sp³-hybridized carbons (Fsp3) is 0.263. The molecule has 2 aromatic rings. The van der Waals surface area contributed by atoms with Crippen molar-refractivity contribution in [3.8, 4) is 11.5 Å². The summed E-state index contributed by atoms with van der Waals surface area (Å²) in [7, 11) is 0. The molecule has 1 N–H and O–H groups in total. The van der Waals surface area contributed by atoms with E-state index < -0.39 is 0 Å². The summed E-state index contributed by atoms with van der Waals surface area (Å²) in [6.45, 7) is 2.27. The lowest BCUT2D eigenvalue weighted by atomic mass is 10.1. The van der Waals surface area contributed by atoms with Crippen molar-refractivity contribution in [1.29, 1.82) is 0 Å². The van der Waals surface area contributed by atoms with Gasteiger partial charge in [0, 0.05) is 22.2 Å². The van der Waals surface area contributed by atoms with Crippen LogP contribution in [0.5, 0.6) is 11.5 Å². The average molecular weight is 409 g/mol. The van der Waals surface area contributed by atoms with E-state index in [9.17, 15) is 4.79 Å². The highest BCUT2D eigenvalue weighted by atomic mass is 35.5. The maximum absolute atomic E-state index is 11.8. The summed E-state index contributed by atoms with van der Waals surface area (Å²) < 4.78 is 10.6. The Morgan fingerprint density at radius 2 is 2.00 bits per heavy atom. The first kappa shape index (κ1) is 19.3. The smallest absolute Gasteiger partial charge is 0.260 e. The Morgan fingerprint density at radius 3 is 2.81 bits per heavy atom. The van der Waals surface area contributed by atoms with E-state index in [1.54, 1.807) is 19.1 Å². The Bertz CT molecular complexity index is 871. The van der Waals surface area contributed by atoms with Crippen LogP contribution >= 0.6 is 23.2 Å². The summed E-state index contributed by atoms with van der Waals surface area (Å²) in [5, 5.41) is 7.89. The van der Waals surface area contributed by atoms with Crippen molar-refractivity contribution in [2.75, 3.05) is 19.9 Å². The first-order valence-corrected chi connectivity index (χ1v) is 9.06. The van der Waals surface area contributed by atoms with Gasteiger partial charge < -0.3 is 19.6 Å². The molecule has 27 heavy (non-hydrogen) atoms. The molecule has 3 rings (SSSR count). The molecule has 0 aliphatic carbocycles. The number of nitrogens with one attached hydrogen (secondary N) is 1. The van der Waals surface area contributed by atoms with Crippen LogP contribution in [0.1, 0.15) is 18.1 Å². The molecule has 0 atom stereocenters. The summed E-state index contributed by atoms with van der Waals surface area (Å²) in [4.78, 5) is 17.0. The highest BCUT2D eigenvalue weighted by molar-refractivity contribution is 6.35. The number of fused-ring (bicyclic) bond motifs is 1. The Kier molecular flexibility index (Phi) is 6.42. The average Bonchev–Trinajstić information content (AvgIpc) is 3.11. The van der Waals surface area contributed by atoms with Gasteiger partial charge in [-0.25, -0.2) is 0 Å². The third kappa shape index (κ3) is 5.28. The second-order valence-electron chi connectivity index (χ2n) is 5.85. The monoisotopic (exact) mass is 408 g/mol. The van der Waals surface area contributed by atoms with E-state index in [-0.39, 0.29) is 19.3 Å². The van der Waals surface area contributed by atoms with Gasteiger partial charge in [0.05, 0.1) is 5.71 Å². The second-order valence-corrected chi connectivity index (χ2v) is 6.70. The van der Waals surface area contributed by atoms with Crippen molar-refractivity contribution in [2.45, 2.75) is 13.3 Å². The molecular formula is C19H18Cl2N2O4. The van der Waals surface area contributed by atoms with E-state index in [0.717, 1.165) is 11.1 Å². The number of carbonyl (C=O) groups is 1. The number of nitrogens with zero attached hydrogens (tertiary/aromatic N) is 1. The van der Waals surface area contributed by atoms with Gasteiger partial charge in [-0.05, 0) is 49.2 Å². The third-order valence-corrected chi connectivity index (χ3v) is 4.51. The molecule has 0 radical (unpaired) electrons. The van der Waals surface area contributed by atoms with Gasteiger partial charge in [-0.15, -0.1) is 0 Å². The molecular weight excluding hydrogens is 391 g/mol. The molecule has 1 amide bonds. The molecule has 1 aliphatic rings. The quantitative estimate of drug-likeness (QED) is 0.558. The highest BCUT2D eigenvalue weighted by Crippen LogP contribution is 2.32. The molecule has 6 nitrogen and oxygen atoms in total. The predicted octanol–water partition coefficient (Wildman–Crippen LogP) is 3.82. The van der Waals surface area contributed by atoms with Gasteiger partial charge in [-0.3, -0.25) is 4.79 Å². The minimum atomic E-state index is -0.262. The molecule has 0 saturated carbocycles. The topological polar surface area (TPSA) is 69.2 Å². The van der Waals surface area contributed by atoms with E-state index >= 15 is 0 Å². The van der Waals surface area contributed by atoms with Crippen molar-refractivity contribution < 1.29 is 19.1 Å². The van der Waals surface area contributed by atoms with Crippen LogP contribution in [0.15, 0.2) is 41.6 Å². The van der Waals surface area contributed by atoms with Gasteiger partial charge in [-0.2, -0.15) is 0 Å². The predicted molar refractivity (Wildman–Crippen MR) is 104 cm³/mol. The van der Waals surface area contributed by atoms with Crippen LogP contribution in [-0.4, -0.2) is 31.6 Å². The number of hydrogen-bond acceptors (Lipinski definition) is 5. The van der Waals surface area contributed by atoms with Crippen LogP contribution in [0.2, 0.25) is 10.0 Å². The third-order valence-electron chi connectivity index (χ3n) is 3.92. The molecule has 8 heteroatoms. The van der Waals surface area contributed by atoms with Crippen molar-refractivity contribution in [2.24, 2.45) is 5.16 Å². The van der Waals surface area contributed by atoms with E-state index in [1.807, 2.05) is 24.3 Å². The molecule has 142 valence electrons. The van der Waals surface area contributed by atoms with Crippen molar-refractivity contribution >= 4 is 34.8 Å². The molecule has 1 aliphatic heterocycles. The SMILES string of the molecule is C/C(=N/OCC(=O)NCCc1ccc(Cl)cc1Cl)c1ccc2c(c1)OCO2. The molecule has 2 aromatic carbocycles. The lowest BCUT2D eigenvalue weighted by Gasteiger charge is -2.07. The molecule has 0 bridgehead atoms. The van der Waals surface area contributed by atoms with Crippen LogP contribution in [0.4, 0.5) is 0 Å². The number of benzene rings is 2. The lowest BCUT2D eigenvalue weighted by molar-refractivity contribution is -0.125. The van der Waals surface area contributed by atoms with Crippen LogP contribution in [0.3, 0.4) is 0 Å². The second kappa shape index (κ2) is 8.97. The Hall–Kier alpha value is -2.44. The number of rotatable bonds is 7. The Morgan fingerprint density at radius 1 is 1.19 bits per heavy atom. The van der Waals surface area contributed by atoms with E-state index in [0.29, 0.717) is 40.2 Å². The maximum atomic E-state index is 11.8. The van der Waals surface area contributed by atoms with E-state index in [1.165, 1.54) is 0 Å². The molecule has 0 unspecified atom stereocenters. The number of oxime groups is 1. The fourth-order valence-electron chi connectivity index (χ4n) is 2.47. The van der Waals surface area contributed by atoms with Crippen LogP contribution in [0.25, 0.3) is 0 Å². The molecule has 0 aromatic heterocycles. The standard InChI is InChI=1S/C19H18Cl2N2O4/c1-12(14-3-5-17-18(8-14)26-11-25-17)23-27-10-19(24)22-7-6-13-2-4-15(20)9-16(13)21/h2-5,8-9H,6-7,10-11H2,1H3,(H,22,24)/b23-12-. The number of carbonyl (C=O) groups excluding carboxylic acids is 1. The van der Waals surface area contributed by atoms with Gasteiger partial charge >= 0.3 is 0 Å². The summed E-state index contributed by atoms with van der Waals surface area (Å²) in [5.41, 5.74) is 2.38. The number of halogens is 2. The summed E-state index contributed by atoms with van der Waals surface area (Å²) in [5.74, 6) is 1.11. The maximum Gasteiger partial charge on any atom is 0.260 e. The van der Waals surface area contributed by atoms with Gasteiger partial charge in [-0.1, -0.05) is 34.4 Å². The van der Waals surface area contributed by atoms with Crippen molar-refractivity contribution in [1.82, 2.24) is 5.32 Å². The molecule has 0 fully saturated rings. The van der Waals surface area contributed by atoms with E-state index in [2.05, 4.69) is 10.5 Å². The minimum absolute atomic E-state index is 0.170. The lowest BCUT2D eigenvalue weighted by Crippen LogP contribution is -2.29. The zero-order valence-electron chi connectivity index (χ0n) is 14.6. The highest BCUT2D eigenvalue weighted by Gasteiger charge is 2.14. The molecule has 0 spiro atoms. The zero-order chi connectivity index (χ0) is 19.2. The van der Waals surface area contributed by atoms with Crippen LogP contribution in [0, 0.1) is 0 Å². The fourth-order valence-corrected chi connectivity index (χ4v) is 2.98. The summed E-state index contributed by atoms with van der Waals surface area (Å²) >= 11 is 12.0. The van der Waals surface area contributed by atoms with Crippen LogP contribution in [-0.2, 0) is 16.1 Å². The summed E-state index contributed by atoms with van der Waals surface area (Å²) in [6.07, 6.45) is 0.598. The Labute approximate surface area is 167 Å². The first-order valence-electron chi connectivity index (χ1n) is 8.30. The summed E-state index contributed by atoms with van der Waals surface area (Å²) in [6, 6.07) is 10.8. The van der Waals surface area contributed by atoms with Gasteiger partial charge in [0.25, 0.3) is 5.91 Å². The zero-order valence-corrected chi connectivity index (χ0v) is 16.1. The minimum Gasteiger partial charge on any atom is -0.454 e. The number of hydrogen-bond donors (Lipinski definition) is 1. The first-order chi connectivity index (χ1) is 13.0. The van der Waals surface area contributed by atoms with Crippen LogP contribution < -0.4 is 14.8 Å². The molecule has 1 heterocycles. The molecule has 0 saturated heterocycles. The van der Waals surface area contributed by atoms with Gasteiger partial charge in [0.2, 0.25) is 6.79 Å². The van der Waals surface area contributed by atoms with Crippen molar-refractivity contribution in [3.05, 3.63) is 57.6 Å². The van der Waals surface area contributed by atoms with Crippen molar-refractivity contribution in [3.63, 3.8) is 0 Å². The van der Waals surface area contributed by atoms with Gasteiger partial charge in [0.1, 0.15) is 0 Å². The number of ether oxygens (including phenoxy) is 2. The largest absolute Gasteiger partial charge is 0.454 e. The van der Waals surface area contributed by atoms with E-state index in [4.69, 9.17) is 37.5 Å². The number of amides is 1. The van der Waals surface area contributed by atoms with Gasteiger partial charge in [0.15, 0.2) is 18.1 Å². The Balaban J connectivity index is 1.43. The normalized spacial score (nSPS) is 12.8.